The molecule has 2 N–H and O–H groups in total. The summed E-state index contributed by atoms with van der Waals surface area (Å²) in [5, 5.41) is 22.4. The van der Waals surface area contributed by atoms with Crippen LogP contribution in [-0.2, 0) is 0 Å². The number of piperidine rings is 1. The minimum absolute atomic E-state index is 0.0695. The second kappa shape index (κ2) is 7.87. The number of anilines is 1. The van der Waals surface area contributed by atoms with Gasteiger partial charge in [-0.2, -0.15) is 5.26 Å². The lowest BCUT2D eigenvalue weighted by atomic mass is 9.77. The first-order valence-corrected chi connectivity index (χ1v) is 10.2. The number of rotatable bonds is 3. The predicted octanol–water partition coefficient (Wildman–Crippen LogP) is 3.63. The summed E-state index contributed by atoms with van der Waals surface area (Å²) in [4.78, 5) is 26.8. The molecule has 2 atom stereocenters. The quantitative estimate of drug-likeness (QED) is 0.665. The molecule has 31 heavy (non-hydrogen) atoms. The Morgan fingerprint density at radius 1 is 1.29 bits per heavy atom. The van der Waals surface area contributed by atoms with Crippen LogP contribution >= 0.6 is 0 Å². The van der Waals surface area contributed by atoms with Crippen LogP contribution in [0.25, 0.3) is 17.2 Å². The van der Waals surface area contributed by atoms with Crippen LogP contribution in [-0.4, -0.2) is 54.1 Å². The monoisotopic (exact) mass is 419 g/mol. The third-order valence-corrected chi connectivity index (χ3v) is 5.62. The van der Waals surface area contributed by atoms with E-state index in [1.54, 1.807) is 41.2 Å². The third-order valence-electron chi connectivity index (χ3n) is 5.62. The highest BCUT2D eigenvalue weighted by atomic mass is 16.4. The summed E-state index contributed by atoms with van der Waals surface area (Å²) in [6.45, 7) is 6.71. The minimum atomic E-state index is -0.895. The predicted molar refractivity (Wildman–Crippen MR) is 116 cm³/mol. The molecule has 9 heteroatoms. The van der Waals surface area contributed by atoms with Gasteiger partial charge >= 0.3 is 6.09 Å². The molecule has 4 rings (SSSR count). The van der Waals surface area contributed by atoms with E-state index in [1.165, 1.54) is 4.90 Å². The summed E-state index contributed by atoms with van der Waals surface area (Å²) in [5.41, 5.74) is 1.67. The van der Waals surface area contributed by atoms with Gasteiger partial charge in [0.1, 0.15) is 23.2 Å². The van der Waals surface area contributed by atoms with Crippen molar-refractivity contribution in [2.75, 3.05) is 11.9 Å². The highest BCUT2D eigenvalue weighted by Gasteiger charge is 2.41. The molecule has 0 aliphatic carbocycles. The lowest BCUT2D eigenvalue weighted by Crippen LogP contribution is -2.58. The topological polar surface area (TPSA) is 119 Å². The highest BCUT2D eigenvalue weighted by Crippen LogP contribution is 2.34. The van der Waals surface area contributed by atoms with E-state index in [1.807, 2.05) is 0 Å². The second-order valence-corrected chi connectivity index (χ2v) is 8.85. The van der Waals surface area contributed by atoms with Crippen LogP contribution in [0.3, 0.4) is 0 Å². The molecule has 0 radical (unpaired) electrons. The Balaban J connectivity index is 1.66. The van der Waals surface area contributed by atoms with E-state index in [2.05, 4.69) is 47.1 Å². The fraction of sp³-hybridized carbons (Fsp3) is 0.409. The molecular weight excluding hydrogens is 394 g/mol. The van der Waals surface area contributed by atoms with Gasteiger partial charge in [0.2, 0.25) is 0 Å². The number of aromatic nitrogens is 4. The molecule has 1 aliphatic heterocycles. The minimum Gasteiger partial charge on any atom is -0.465 e. The number of imidazole rings is 1. The molecule has 1 fully saturated rings. The van der Waals surface area contributed by atoms with Crippen LogP contribution in [0, 0.1) is 16.7 Å². The largest absolute Gasteiger partial charge is 0.465 e. The Morgan fingerprint density at radius 3 is 2.81 bits per heavy atom. The molecular formula is C22H25N7O2. The molecule has 0 spiro atoms. The average Bonchev–Trinajstić information content (AvgIpc) is 3.16. The van der Waals surface area contributed by atoms with Crippen molar-refractivity contribution in [3.8, 4) is 17.6 Å². The maximum atomic E-state index is 11.8. The van der Waals surface area contributed by atoms with Crippen molar-refractivity contribution in [3.63, 3.8) is 0 Å². The molecule has 4 heterocycles. The van der Waals surface area contributed by atoms with Gasteiger partial charge in [0.25, 0.3) is 0 Å². The van der Waals surface area contributed by atoms with E-state index in [4.69, 9.17) is 0 Å². The molecule has 0 saturated carbocycles. The number of nitriles is 1. The number of amides is 1. The van der Waals surface area contributed by atoms with E-state index in [9.17, 15) is 15.2 Å². The first-order chi connectivity index (χ1) is 14.8. The molecule has 9 nitrogen and oxygen atoms in total. The van der Waals surface area contributed by atoms with Gasteiger partial charge in [-0.3, -0.25) is 4.40 Å². The van der Waals surface area contributed by atoms with Gasteiger partial charge < -0.3 is 15.3 Å². The number of fused-ring (bicyclic) bond motifs is 1. The van der Waals surface area contributed by atoms with Gasteiger partial charge in [-0.1, -0.05) is 20.8 Å². The number of pyridine rings is 1. The van der Waals surface area contributed by atoms with Gasteiger partial charge in [-0.15, -0.1) is 0 Å². The fourth-order valence-electron chi connectivity index (χ4n) is 4.40. The van der Waals surface area contributed by atoms with Crippen molar-refractivity contribution < 1.29 is 9.90 Å². The summed E-state index contributed by atoms with van der Waals surface area (Å²) in [6, 6.07) is 7.15. The number of nitrogens with zero attached hydrogens (tertiary/aromatic N) is 6. The van der Waals surface area contributed by atoms with Gasteiger partial charge in [-0.25, -0.2) is 19.7 Å². The molecule has 3 aromatic heterocycles. The number of hydrogen-bond donors (Lipinski definition) is 2. The molecule has 1 amide bonds. The number of carboxylic acid groups (broad SMARTS) is 1. The van der Waals surface area contributed by atoms with E-state index in [-0.39, 0.29) is 17.5 Å². The Hall–Kier alpha value is -3.67. The van der Waals surface area contributed by atoms with Gasteiger partial charge in [0.15, 0.2) is 5.82 Å². The molecule has 3 aromatic rings. The first kappa shape index (κ1) is 20.6. The Bertz CT molecular complexity index is 1160. The van der Waals surface area contributed by atoms with Crippen LogP contribution < -0.4 is 5.32 Å². The van der Waals surface area contributed by atoms with Gasteiger partial charge in [0.05, 0.1) is 17.8 Å². The number of likely N-dealkylation sites (tertiary alicyclic amines) is 1. The number of nitrogens with one attached hydrogen (secondary N) is 1. The number of carbonyl (C=O) groups is 1. The van der Waals surface area contributed by atoms with Crippen molar-refractivity contribution in [1.29, 1.82) is 5.26 Å². The van der Waals surface area contributed by atoms with Crippen molar-refractivity contribution >= 4 is 17.6 Å². The zero-order chi connectivity index (χ0) is 22.2. The summed E-state index contributed by atoms with van der Waals surface area (Å²) in [5.74, 6) is 1.11. The zero-order valence-corrected chi connectivity index (χ0v) is 17.8. The average molecular weight is 419 g/mol. The Labute approximate surface area is 180 Å². The first-order valence-electron chi connectivity index (χ1n) is 10.2. The van der Waals surface area contributed by atoms with Gasteiger partial charge in [-0.05, 0) is 36.5 Å². The standard InChI is InChI=1S/C22H25N7O2/c1-22(2,3)19-15(5-4-10-28(19)21(30)31)26-17-8-9-24-20(27-17)16-12-25-18-7-6-14(11-23)13-29(16)18/h6-9,12-13,15,19H,4-5,10H2,1-3H3,(H,30,31)(H,24,26,27)/t15-,19?/m0/s1. The lowest BCUT2D eigenvalue weighted by Gasteiger charge is -2.47. The summed E-state index contributed by atoms with van der Waals surface area (Å²) in [7, 11) is 0. The maximum absolute atomic E-state index is 11.8. The van der Waals surface area contributed by atoms with E-state index in [0.717, 1.165) is 12.8 Å². The number of hydrogen-bond acceptors (Lipinski definition) is 6. The van der Waals surface area contributed by atoms with Crippen molar-refractivity contribution in [2.45, 2.75) is 45.7 Å². The smallest absolute Gasteiger partial charge is 0.407 e. The molecule has 0 aromatic carbocycles. The van der Waals surface area contributed by atoms with Crippen LogP contribution in [0.5, 0.6) is 0 Å². The summed E-state index contributed by atoms with van der Waals surface area (Å²) in [6.07, 6.45) is 5.81. The third kappa shape index (κ3) is 4.01. The summed E-state index contributed by atoms with van der Waals surface area (Å²) < 4.78 is 1.79. The zero-order valence-electron chi connectivity index (χ0n) is 17.8. The SMILES string of the molecule is CC(C)(C)C1[C@@H](Nc2ccnc(-c3cnc4ccc(C#N)cn34)n2)CCCN1C(=O)O. The van der Waals surface area contributed by atoms with Crippen molar-refractivity contribution in [1.82, 2.24) is 24.3 Å². The fourth-order valence-corrected chi connectivity index (χ4v) is 4.40. The second-order valence-electron chi connectivity index (χ2n) is 8.85. The molecule has 0 bridgehead atoms. The Kier molecular flexibility index (Phi) is 5.23. The van der Waals surface area contributed by atoms with Crippen LogP contribution in [0.1, 0.15) is 39.2 Å². The van der Waals surface area contributed by atoms with Crippen LogP contribution in [0.2, 0.25) is 0 Å². The van der Waals surface area contributed by atoms with E-state index >= 15 is 0 Å². The summed E-state index contributed by atoms with van der Waals surface area (Å²) >= 11 is 0. The van der Waals surface area contributed by atoms with Crippen LogP contribution in [0.4, 0.5) is 10.6 Å². The Morgan fingerprint density at radius 2 is 2.10 bits per heavy atom. The van der Waals surface area contributed by atoms with Crippen molar-refractivity contribution in [3.05, 3.63) is 42.4 Å². The molecule has 1 aliphatic rings. The highest BCUT2D eigenvalue weighted by molar-refractivity contribution is 5.66. The van der Waals surface area contributed by atoms with Gasteiger partial charge in [0, 0.05) is 25.0 Å². The maximum Gasteiger partial charge on any atom is 0.407 e. The normalized spacial score (nSPS) is 19.2. The molecule has 1 unspecified atom stereocenters. The van der Waals surface area contributed by atoms with E-state index < -0.39 is 6.09 Å². The van der Waals surface area contributed by atoms with E-state index in [0.29, 0.717) is 35.1 Å². The molecule has 1 saturated heterocycles. The van der Waals surface area contributed by atoms with Crippen LogP contribution in [0.15, 0.2) is 36.8 Å². The lowest BCUT2D eigenvalue weighted by molar-refractivity contribution is 0.0518. The molecule has 160 valence electrons. The van der Waals surface area contributed by atoms with Crippen molar-refractivity contribution in [2.24, 2.45) is 5.41 Å².